The van der Waals surface area contributed by atoms with Gasteiger partial charge >= 0.3 is 0 Å². The third-order valence-electron chi connectivity index (χ3n) is 3.85. The van der Waals surface area contributed by atoms with E-state index in [4.69, 9.17) is 0 Å². The van der Waals surface area contributed by atoms with Crippen molar-refractivity contribution in [2.75, 3.05) is 33.3 Å². The van der Waals surface area contributed by atoms with E-state index in [1.807, 2.05) is 18.5 Å². The van der Waals surface area contributed by atoms with Gasteiger partial charge in [0.1, 0.15) is 0 Å². The molecule has 1 fully saturated rings. The summed E-state index contributed by atoms with van der Waals surface area (Å²) < 4.78 is 0. The monoisotopic (exact) mass is 263 g/mol. The first-order chi connectivity index (χ1) is 9.19. The minimum absolute atomic E-state index is 0.268. The predicted octanol–water partition coefficient (Wildman–Crippen LogP) is 1.22. The normalized spacial score (nSPS) is 26.3. The Hall–Kier alpha value is -0.970. The molecule has 4 heteroatoms. The molecule has 1 aromatic rings. The van der Waals surface area contributed by atoms with E-state index >= 15 is 0 Å². The number of pyridine rings is 1. The van der Waals surface area contributed by atoms with Crippen LogP contribution in [0.3, 0.4) is 0 Å². The maximum Gasteiger partial charge on any atom is 0.0446 e. The summed E-state index contributed by atoms with van der Waals surface area (Å²) in [5.74, 6) is 0.658. The van der Waals surface area contributed by atoms with Gasteiger partial charge in [-0.1, -0.05) is 13.0 Å². The van der Waals surface area contributed by atoms with Crippen molar-refractivity contribution < 1.29 is 5.11 Å². The Bertz CT molecular complexity index is 371. The van der Waals surface area contributed by atoms with E-state index in [0.717, 1.165) is 32.6 Å². The summed E-state index contributed by atoms with van der Waals surface area (Å²) >= 11 is 0. The lowest BCUT2D eigenvalue weighted by Gasteiger charge is -2.28. The molecule has 0 bridgehead atoms. The van der Waals surface area contributed by atoms with Crippen LogP contribution in [-0.2, 0) is 6.54 Å². The summed E-state index contributed by atoms with van der Waals surface area (Å²) in [6.45, 7) is 6.76. The fraction of sp³-hybridized carbons (Fsp3) is 0.667. The summed E-state index contributed by atoms with van der Waals surface area (Å²) in [7, 11) is 2.17. The van der Waals surface area contributed by atoms with E-state index in [0.29, 0.717) is 12.0 Å². The zero-order chi connectivity index (χ0) is 13.7. The molecule has 2 atom stereocenters. The largest absolute Gasteiger partial charge is 0.396 e. The molecule has 2 rings (SSSR count). The lowest BCUT2D eigenvalue weighted by molar-refractivity contribution is 0.162. The second-order valence-corrected chi connectivity index (χ2v) is 5.77. The Morgan fingerprint density at radius 1 is 1.37 bits per heavy atom. The van der Waals surface area contributed by atoms with Gasteiger partial charge in [0.2, 0.25) is 0 Å². The van der Waals surface area contributed by atoms with Crippen LogP contribution >= 0.6 is 0 Å². The third-order valence-corrected chi connectivity index (χ3v) is 3.85. The van der Waals surface area contributed by atoms with Crippen LogP contribution in [0.1, 0.15) is 18.9 Å². The molecule has 0 amide bonds. The molecule has 0 aromatic carbocycles. The maximum atomic E-state index is 9.21. The molecule has 0 aliphatic carbocycles. The van der Waals surface area contributed by atoms with Crippen LogP contribution in [-0.4, -0.2) is 59.2 Å². The fourth-order valence-electron chi connectivity index (χ4n) is 2.99. The molecule has 1 aliphatic heterocycles. The van der Waals surface area contributed by atoms with Gasteiger partial charge in [0.15, 0.2) is 0 Å². The summed E-state index contributed by atoms with van der Waals surface area (Å²) in [4.78, 5) is 9.07. The Balaban J connectivity index is 2.02. The molecule has 106 valence electrons. The SMILES string of the molecule is CC1CN(Cc2cccnc2)CC(CCO)N(C)C1. The van der Waals surface area contributed by atoms with Crippen molar-refractivity contribution in [1.82, 2.24) is 14.8 Å². The van der Waals surface area contributed by atoms with E-state index in [-0.39, 0.29) is 6.61 Å². The zero-order valence-electron chi connectivity index (χ0n) is 12.0. The van der Waals surface area contributed by atoms with Crippen molar-refractivity contribution in [3.63, 3.8) is 0 Å². The third kappa shape index (κ3) is 4.27. The minimum Gasteiger partial charge on any atom is -0.396 e. The smallest absolute Gasteiger partial charge is 0.0446 e. The van der Waals surface area contributed by atoms with Crippen LogP contribution in [0.25, 0.3) is 0 Å². The summed E-state index contributed by atoms with van der Waals surface area (Å²) in [6, 6.07) is 4.58. The van der Waals surface area contributed by atoms with Gasteiger partial charge in [0.05, 0.1) is 0 Å². The standard InChI is InChI=1S/C15H25N3O/c1-13-9-17(2)15(5-7-19)12-18(10-13)11-14-4-3-6-16-8-14/h3-4,6,8,13,15,19H,5,7,9-12H2,1-2H3. The summed E-state index contributed by atoms with van der Waals surface area (Å²) in [5.41, 5.74) is 1.27. The average Bonchev–Trinajstić information content (AvgIpc) is 2.50. The first kappa shape index (κ1) is 14.4. The van der Waals surface area contributed by atoms with Crippen LogP contribution < -0.4 is 0 Å². The highest BCUT2D eigenvalue weighted by Gasteiger charge is 2.25. The number of aromatic nitrogens is 1. The van der Waals surface area contributed by atoms with Crippen molar-refractivity contribution in [1.29, 1.82) is 0 Å². The van der Waals surface area contributed by atoms with Crippen molar-refractivity contribution in [3.05, 3.63) is 30.1 Å². The van der Waals surface area contributed by atoms with Gasteiger partial charge in [-0.15, -0.1) is 0 Å². The van der Waals surface area contributed by atoms with Crippen LogP contribution in [0.5, 0.6) is 0 Å². The lowest BCUT2D eigenvalue weighted by atomic mass is 10.1. The number of aliphatic hydroxyl groups excluding tert-OH is 1. The molecule has 1 N–H and O–H groups in total. The molecule has 4 nitrogen and oxygen atoms in total. The molecule has 0 spiro atoms. The lowest BCUT2D eigenvalue weighted by Crippen LogP contribution is -2.39. The van der Waals surface area contributed by atoms with Crippen LogP contribution in [0.2, 0.25) is 0 Å². The first-order valence-electron chi connectivity index (χ1n) is 7.11. The second kappa shape index (κ2) is 6.98. The Kier molecular flexibility index (Phi) is 5.31. The van der Waals surface area contributed by atoms with E-state index in [9.17, 15) is 5.11 Å². The molecule has 1 aromatic heterocycles. The highest BCUT2D eigenvalue weighted by Crippen LogP contribution is 2.16. The predicted molar refractivity (Wildman–Crippen MR) is 76.8 cm³/mol. The molecule has 1 aliphatic rings. The fourth-order valence-corrected chi connectivity index (χ4v) is 2.99. The van der Waals surface area contributed by atoms with E-state index in [2.05, 4.69) is 34.8 Å². The molecule has 0 saturated carbocycles. The zero-order valence-corrected chi connectivity index (χ0v) is 12.0. The van der Waals surface area contributed by atoms with Crippen molar-refractivity contribution >= 4 is 0 Å². The van der Waals surface area contributed by atoms with Gasteiger partial charge in [0.25, 0.3) is 0 Å². The first-order valence-corrected chi connectivity index (χ1v) is 7.11. The van der Waals surface area contributed by atoms with E-state index in [1.165, 1.54) is 5.56 Å². The number of hydrogen-bond acceptors (Lipinski definition) is 4. The topological polar surface area (TPSA) is 39.6 Å². The van der Waals surface area contributed by atoms with E-state index in [1.54, 1.807) is 0 Å². The maximum absolute atomic E-state index is 9.21. The van der Waals surface area contributed by atoms with Crippen LogP contribution in [0.15, 0.2) is 24.5 Å². The van der Waals surface area contributed by atoms with Crippen molar-refractivity contribution in [3.8, 4) is 0 Å². The van der Waals surface area contributed by atoms with Gasteiger partial charge in [-0.2, -0.15) is 0 Å². The number of hydrogen-bond donors (Lipinski definition) is 1. The quantitative estimate of drug-likeness (QED) is 0.886. The molecular formula is C15H25N3O. The summed E-state index contributed by atoms with van der Waals surface area (Å²) in [6.07, 6.45) is 4.62. The number of likely N-dealkylation sites (N-methyl/N-ethyl adjacent to an activating group) is 1. The molecule has 2 heterocycles. The Morgan fingerprint density at radius 2 is 2.21 bits per heavy atom. The highest BCUT2D eigenvalue weighted by molar-refractivity contribution is 5.08. The van der Waals surface area contributed by atoms with Crippen LogP contribution in [0.4, 0.5) is 0 Å². The number of aliphatic hydroxyl groups is 1. The molecule has 0 radical (unpaired) electrons. The van der Waals surface area contributed by atoms with Crippen molar-refractivity contribution in [2.24, 2.45) is 5.92 Å². The average molecular weight is 263 g/mol. The van der Waals surface area contributed by atoms with Crippen molar-refractivity contribution in [2.45, 2.75) is 25.9 Å². The molecule has 1 saturated heterocycles. The van der Waals surface area contributed by atoms with Gasteiger partial charge in [0, 0.05) is 51.2 Å². The Morgan fingerprint density at radius 3 is 2.89 bits per heavy atom. The molecular weight excluding hydrogens is 238 g/mol. The minimum atomic E-state index is 0.268. The van der Waals surface area contributed by atoms with Crippen LogP contribution in [0, 0.1) is 5.92 Å². The highest BCUT2D eigenvalue weighted by atomic mass is 16.3. The second-order valence-electron chi connectivity index (χ2n) is 5.77. The number of nitrogens with zero attached hydrogens (tertiary/aromatic N) is 3. The molecule has 2 unspecified atom stereocenters. The van der Waals surface area contributed by atoms with E-state index < -0.39 is 0 Å². The van der Waals surface area contributed by atoms with Gasteiger partial charge in [-0.25, -0.2) is 0 Å². The van der Waals surface area contributed by atoms with Gasteiger partial charge in [-0.05, 0) is 31.0 Å². The van der Waals surface area contributed by atoms with Gasteiger partial charge in [-0.3, -0.25) is 9.88 Å². The molecule has 19 heavy (non-hydrogen) atoms. The summed E-state index contributed by atoms with van der Waals surface area (Å²) in [5, 5.41) is 9.21. The Labute approximate surface area is 116 Å². The number of rotatable bonds is 4. The van der Waals surface area contributed by atoms with Gasteiger partial charge < -0.3 is 10.0 Å².